The van der Waals surface area contributed by atoms with Crippen LogP contribution >= 0.6 is 34.0 Å². The highest BCUT2D eigenvalue weighted by Crippen LogP contribution is 2.50. The highest BCUT2D eigenvalue weighted by molar-refractivity contribution is 7.27. The van der Waals surface area contributed by atoms with Crippen LogP contribution in [0.15, 0.2) is 182 Å². The minimum absolute atomic E-state index is 1.07. The number of hydrogen-bond acceptors (Lipinski definition) is 4. The first-order valence-corrected chi connectivity index (χ1v) is 24.6. The Balaban J connectivity index is 1.14. The van der Waals surface area contributed by atoms with Crippen molar-refractivity contribution >= 4 is 157 Å². The van der Waals surface area contributed by atoms with E-state index < -0.39 is 0 Å². The molecule has 15 rings (SSSR count). The number of nitrogens with zero attached hydrogens (tertiary/aromatic N) is 1. The monoisotopic (exact) mass is 877 g/mol. The van der Waals surface area contributed by atoms with Crippen molar-refractivity contribution in [3.05, 3.63) is 188 Å². The number of hydrogen-bond donors (Lipinski definition) is 1. The number of fused-ring (bicyclic) bond motifs is 16. The van der Waals surface area contributed by atoms with Gasteiger partial charge in [0.1, 0.15) is 0 Å². The molecule has 0 atom stereocenters. The molecule has 2 nitrogen and oxygen atoms in total. The summed E-state index contributed by atoms with van der Waals surface area (Å²) in [6.45, 7) is 2.15. The van der Waals surface area contributed by atoms with E-state index in [2.05, 4.69) is 206 Å². The quantitative estimate of drug-likeness (QED) is 0.174. The Morgan fingerprint density at radius 2 is 1.12 bits per heavy atom. The summed E-state index contributed by atoms with van der Waals surface area (Å²) in [6.07, 6.45) is 0. The molecule has 301 valence electrons. The average molecular weight is 878 g/mol. The van der Waals surface area contributed by atoms with Crippen LogP contribution in [0, 0.1) is 6.92 Å². The van der Waals surface area contributed by atoms with Gasteiger partial charge in [-0.05, 0) is 107 Å². The molecule has 0 amide bonds. The fourth-order valence-corrected chi connectivity index (χ4v) is 14.5. The molecule has 1 aliphatic heterocycles. The summed E-state index contributed by atoms with van der Waals surface area (Å²) < 4.78 is 10.5. The molecule has 5 heterocycles. The van der Waals surface area contributed by atoms with Gasteiger partial charge >= 0.3 is 0 Å². The van der Waals surface area contributed by atoms with Gasteiger partial charge in [0, 0.05) is 99.4 Å². The van der Waals surface area contributed by atoms with E-state index in [4.69, 9.17) is 0 Å². The minimum atomic E-state index is 1.07. The second kappa shape index (κ2) is 13.4. The topological polar surface area (TPSA) is 17.0 Å². The molecule has 0 bridgehead atoms. The molecule has 10 aromatic carbocycles. The zero-order valence-corrected chi connectivity index (χ0v) is 37.5. The molecule has 6 heteroatoms. The van der Waals surface area contributed by atoms with Crippen molar-refractivity contribution in [1.29, 1.82) is 0 Å². The maximum Gasteiger partial charge on any atom is 0.197 e. The predicted octanol–water partition coefficient (Wildman–Crippen LogP) is 16.4. The smallest absolute Gasteiger partial charge is 0.197 e. The predicted molar refractivity (Wildman–Crippen MR) is 287 cm³/mol. The number of nitrogens with one attached hydrogen (secondary N) is 1. The van der Waals surface area contributed by atoms with Crippen molar-refractivity contribution in [2.75, 3.05) is 5.32 Å². The van der Waals surface area contributed by atoms with E-state index in [0.29, 0.717) is 0 Å². The Kier molecular flexibility index (Phi) is 7.46. The molecule has 0 saturated carbocycles. The summed E-state index contributed by atoms with van der Waals surface area (Å²) >= 11 is 5.68. The van der Waals surface area contributed by atoms with Crippen LogP contribution in [-0.2, 0) is 0 Å². The molecular formula is C59H34BN2S3. The molecule has 1 N–H and O–H groups in total. The van der Waals surface area contributed by atoms with E-state index in [9.17, 15) is 0 Å². The van der Waals surface area contributed by atoms with Gasteiger partial charge in [0.05, 0.1) is 5.52 Å². The van der Waals surface area contributed by atoms with Crippen LogP contribution in [0.4, 0.5) is 11.4 Å². The fourth-order valence-electron chi connectivity index (χ4n) is 10.9. The van der Waals surface area contributed by atoms with E-state index in [-0.39, 0.29) is 0 Å². The summed E-state index contributed by atoms with van der Waals surface area (Å²) in [5.74, 6) is 0. The Morgan fingerprint density at radius 1 is 0.477 bits per heavy atom. The third kappa shape index (κ3) is 5.16. The zero-order chi connectivity index (χ0) is 42.5. The van der Waals surface area contributed by atoms with E-state index in [1.807, 2.05) is 34.0 Å². The number of benzene rings is 10. The standard InChI is InChI=1S/C59H34BN2S3/c1-32-18-22-35(23-19-32)61-46-26-25-41-38-13-5-9-17-51(38)65-59(41)54(46)44-29-42(34-20-24-40-37-12-4-7-15-49(37)63-52(40)28-34)56-55-36-11-3-2-10-33(36)21-27-47(55)62-48-30-43-39-14-6-8-16-50(39)64-53(43)31-45(48)60-57(44)58(56)62/h2-31,61H,1H3. The highest BCUT2D eigenvalue weighted by Gasteiger charge is 2.31. The number of aromatic nitrogens is 1. The molecular weight excluding hydrogens is 844 g/mol. The highest BCUT2D eigenvalue weighted by atomic mass is 32.1. The molecule has 1 radical (unpaired) electrons. The van der Waals surface area contributed by atoms with Gasteiger partial charge in [0.2, 0.25) is 0 Å². The molecule has 0 unspecified atom stereocenters. The Hall–Kier alpha value is -7.22. The largest absolute Gasteiger partial charge is 0.355 e. The summed E-state index contributed by atoms with van der Waals surface area (Å²) in [6, 6.07) is 68.4. The van der Waals surface area contributed by atoms with Crippen LogP contribution in [-0.4, -0.2) is 11.8 Å². The first-order valence-electron chi connectivity index (χ1n) is 22.1. The van der Waals surface area contributed by atoms with Crippen LogP contribution in [0.5, 0.6) is 0 Å². The van der Waals surface area contributed by atoms with Gasteiger partial charge in [-0.15, -0.1) is 34.0 Å². The normalized spacial score (nSPS) is 12.5. The van der Waals surface area contributed by atoms with Crippen LogP contribution in [0.2, 0.25) is 0 Å². The van der Waals surface area contributed by atoms with Crippen molar-refractivity contribution in [3.63, 3.8) is 0 Å². The first kappa shape index (κ1) is 36.2. The second-order valence-corrected chi connectivity index (χ2v) is 20.8. The lowest BCUT2D eigenvalue weighted by atomic mass is 9.58. The van der Waals surface area contributed by atoms with E-state index in [1.54, 1.807) is 0 Å². The molecule has 0 saturated heterocycles. The van der Waals surface area contributed by atoms with E-state index >= 15 is 0 Å². The second-order valence-electron chi connectivity index (χ2n) is 17.5. The fraction of sp³-hybridized carbons (Fsp3) is 0.0169. The Morgan fingerprint density at radius 3 is 1.91 bits per heavy atom. The SMILES string of the molecule is Cc1ccc(Nc2ccc3c(sc4ccccc43)c2-c2cc(-c3ccc4c(c3)sc3ccccc34)c3c4c5ccccc5ccc4n4c3c2[B]c2cc3sc5ccccc5c3cc2-4)cc1. The van der Waals surface area contributed by atoms with Gasteiger partial charge in [0.25, 0.3) is 0 Å². The molecule has 0 fully saturated rings. The van der Waals surface area contributed by atoms with Crippen molar-refractivity contribution in [1.82, 2.24) is 4.57 Å². The van der Waals surface area contributed by atoms with Crippen LogP contribution in [0.3, 0.4) is 0 Å². The van der Waals surface area contributed by atoms with Crippen molar-refractivity contribution in [2.45, 2.75) is 6.92 Å². The van der Waals surface area contributed by atoms with E-state index in [0.717, 1.165) is 11.4 Å². The Labute approximate surface area is 386 Å². The molecule has 4 aromatic heterocycles. The van der Waals surface area contributed by atoms with E-state index in [1.165, 1.54) is 138 Å². The van der Waals surface area contributed by atoms with Crippen molar-refractivity contribution in [3.8, 4) is 27.9 Å². The minimum Gasteiger partial charge on any atom is -0.355 e. The van der Waals surface area contributed by atoms with Crippen LogP contribution in [0.25, 0.3) is 121 Å². The van der Waals surface area contributed by atoms with Gasteiger partial charge in [-0.25, -0.2) is 0 Å². The van der Waals surface area contributed by atoms with Gasteiger partial charge in [0.15, 0.2) is 7.28 Å². The molecule has 0 aliphatic carbocycles. The summed E-state index contributed by atoms with van der Waals surface area (Å²) in [7, 11) is 2.51. The van der Waals surface area contributed by atoms with Gasteiger partial charge in [-0.3, -0.25) is 0 Å². The molecule has 0 spiro atoms. The van der Waals surface area contributed by atoms with Gasteiger partial charge in [-0.2, -0.15) is 0 Å². The van der Waals surface area contributed by atoms with Crippen LogP contribution in [0.1, 0.15) is 5.56 Å². The number of thiophene rings is 3. The molecule has 14 aromatic rings. The van der Waals surface area contributed by atoms with Crippen molar-refractivity contribution in [2.24, 2.45) is 0 Å². The summed E-state index contributed by atoms with van der Waals surface area (Å²) in [5, 5.41) is 16.9. The summed E-state index contributed by atoms with van der Waals surface area (Å²) in [4.78, 5) is 0. The molecule has 65 heavy (non-hydrogen) atoms. The zero-order valence-electron chi connectivity index (χ0n) is 35.1. The lowest BCUT2D eigenvalue weighted by molar-refractivity contribution is 1.20. The van der Waals surface area contributed by atoms with Gasteiger partial charge in [-0.1, -0.05) is 126 Å². The average Bonchev–Trinajstić information content (AvgIpc) is 4.11. The number of aryl methyl sites for hydroxylation is 1. The maximum absolute atomic E-state index is 3.96. The summed E-state index contributed by atoms with van der Waals surface area (Å²) in [5.41, 5.74) is 14.5. The lowest BCUT2D eigenvalue weighted by Gasteiger charge is -2.25. The third-order valence-corrected chi connectivity index (χ3v) is 17.3. The molecule has 1 aliphatic rings. The first-order chi connectivity index (χ1) is 32.1. The number of anilines is 2. The number of rotatable bonds is 4. The maximum atomic E-state index is 3.96. The van der Waals surface area contributed by atoms with Crippen LogP contribution < -0.4 is 16.2 Å². The third-order valence-electron chi connectivity index (χ3n) is 13.9. The Bertz CT molecular complexity index is 4370. The van der Waals surface area contributed by atoms with Gasteiger partial charge < -0.3 is 9.88 Å². The van der Waals surface area contributed by atoms with Crippen molar-refractivity contribution < 1.29 is 0 Å². The lowest BCUT2D eigenvalue weighted by Crippen LogP contribution is -2.37.